The molecule has 0 spiro atoms. The Morgan fingerprint density at radius 3 is 2.91 bits per heavy atom. The molecule has 0 aliphatic carbocycles. The van der Waals surface area contributed by atoms with E-state index < -0.39 is 0 Å². The van der Waals surface area contributed by atoms with Gasteiger partial charge in [-0.15, -0.1) is 11.3 Å². The molecule has 0 fully saturated rings. The van der Waals surface area contributed by atoms with E-state index in [9.17, 15) is 0 Å². The zero-order chi connectivity index (χ0) is 8.27. The summed E-state index contributed by atoms with van der Waals surface area (Å²) in [5.41, 5.74) is 5.97. The highest BCUT2D eigenvalue weighted by Crippen LogP contribution is 2.24. The molecule has 0 radical (unpaired) electrons. The molecule has 0 saturated heterocycles. The Bertz CT molecular complexity index is 321. The van der Waals surface area contributed by atoms with Gasteiger partial charge in [0.2, 0.25) is 0 Å². The van der Waals surface area contributed by atoms with E-state index in [2.05, 4.69) is 0 Å². The number of allylic oxidation sites excluding steroid dienone is 1. The van der Waals surface area contributed by atoms with E-state index in [1.807, 2.05) is 6.07 Å². The standard InChI is InChI=1S/C7H5ClN2S/c8-7-2-1-6(11-7)5(10)3-4-9/h1-3H,10H2/b5-3-. The average molecular weight is 185 g/mol. The van der Waals surface area contributed by atoms with Gasteiger partial charge in [0.1, 0.15) is 0 Å². The Labute approximate surface area is 73.5 Å². The van der Waals surface area contributed by atoms with Gasteiger partial charge in [0.15, 0.2) is 0 Å². The first-order valence-electron chi connectivity index (χ1n) is 2.85. The van der Waals surface area contributed by atoms with Gasteiger partial charge in [-0.25, -0.2) is 0 Å². The van der Waals surface area contributed by atoms with E-state index in [-0.39, 0.29) is 0 Å². The highest BCUT2D eigenvalue weighted by molar-refractivity contribution is 7.17. The molecule has 4 heteroatoms. The first kappa shape index (κ1) is 8.12. The lowest BCUT2D eigenvalue weighted by Crippen LogP contribution is -1.91. The van der Waals surface area contributed by atoms with Crippen LogP contribution in [0.25, 0.3) is 5.70 Å². The molecule has 0 aliphatic heterocycles. The summed E-state index contributed by atoms with van der Waals surface area (Å²) in [5.74, 6) is 0. The summed E-state index contributed by atoms with van der Waals surface area (Å²) in [6.45, 7) is 0. The van der Waals surface area contributed by atoms with E-state index >= 15 is 0 Å². The molecule has 0 amide bonds. The van der Waals surface area contributed by atoms with Crippen LogP contribution in [-0.4, -0.2) is 0 Å². The molecule has 11 heavy (non-hydrogen) atoms. The van der Waals surface area contributed by atoms with Crippen LogP contribution in [0.3, 0.4) is 0 Å². The second kappa shape index (κ2) is 3.42. The Balaban J connectivity index is 2.95. The summed E-state index contributed by atoms with van der Waals surface area (Å²) in [7, 11) is 0. The third-order valence-electron chi connectivity index (χ3n) is 1.08. The van der Waals surface area contributed by atoms with Gasteiger partial charge in [-0.1, -0.05) is 11.6 Å². The van der Waals surface area contributed by atoms with Crippen LogP contribution < -0.4 is 5.73 Å². The van der Waals surface area contributed by atoms with Crippen molar-refractivity contribution in [1.29, 1.82) is 5.26 Å². The zero-order valence-corrected chi connectivity index (χ0v) is 7.12. The molecule has 1 heterocycles. The molecule has 0 aliphatic rings. The number of hydrogen-bond donors (Lipinski definition) is 1. The van der Waals surface area contributed by atoms with E-state index in [0.29, 0.717) is 10.0 Å². The lowest BCUT2D eigenvalue weighted by molar-refractivity contribution is 1.52. The van der Waals surface area contributed by atoms with Crippen molar-refractivity contribution in [2.45, 2.75) is 0 Å². The largest absolute Gasteiger partial charge is 0.397 e. The second-order valence-corrected chi connectivity index (χ2v) is 3.55. The summed E-state index contributed by atoms with van der Waals surface area (Å²) < 4.78 is 0.675. The maximum absolute atomic E-state index is 8.27. The molecule has 1 rings (SSSR count). The predicted octanol–water partition coefficient (Wildman–Crippen LogP) is 2.22. The molecule has 0 bridgehead atoms. The van der Waals surface area contributed by atoms with Crippen molar-refractivity contribution >= 4 is 28.6 Å². The molecule has 0 unspecified atom stereocenters. The van der Waals surface area contributed by atoms with Crippen LogP contribution in [-0.2, 0) is 0 Å². The lowest BCUT2D eigenvalue weighted by atomic mass is 10.3. The summed E-state index contributed by atoms with van der Waals surface area (Å²) >= 11 is 7.01. The Kier molecular flexibility index (Phi) is 2.53. The van der Waals surface area contributed by atoms with Crippen LogP contribution in [0, 0.1) is 11.3 Å². The van der Waals surface area contributed by atoms with Crippen LogP contribution in [0.15, 0.2) is 18.2 Å². The van der Waals surface area contributed by atoms with Crippen molar-refractivity contribution in [3.05, 3.63) is 27.4 Å². The monoisotopic (exact) mass is 184 g/mol. The van der Waals surface area contributed by atoms with Crippen molar-refractivity contribution in [2.24, 2.45) is 5.73 Å². The Hall–Kier alpha value is -0.980. The third-order valence-corrected chi connectivity index (χ3v) is 2.36. The average Bonchev–Trinajstić information content (AvgIpc) is 2.36. The summed E-state index contributed by atoms with van der Waals surface area (Å²) in [6.07, 6.45) is 1.29. The van der Waals surface area contributed by atoms with Crippen molar-refractivity contribution in [1.82, 2.24) is 0 Å². The summed E-state index contributed by atoms with van der Waals surface area (Å²) in [5, 5.41) is 8.27. The smallest absolute Gasteiger partial charge is 0.0935 e. The van der Waals surface area contributed by atoms with Crippen molar-refractivity contribution in [2.75, 3.05) is 0 Å². The van der Waals surface area contributed by atoms with Crippen LogP contribution in [0.5, 0.6) is 0 Å². The molecular weight excluding hydrogens is 180 g/mol. The molecule has 2 nitrogen and oxygen atoms in total. The predicted molar refractivity (Wildman–Crippen MR) is 47.1 cm³/mol. The maximum Gasteiger partial charge on any atom is 0.0935 e. The minimum absolute atomic E-state index is 0.462. The molecule has 56 valence electrons. The number of nitrogens with zero attached hydrogens (tertiary/aromatic N) is 1. The topological polar surface area (TPSA) is 49.8 Å². The van der Waals surface area contributed by atoms with Gasteiger partial charge in [0.25, 0.3) is 0 Å². The molecule has 0 aromatic carbocycles. The van der Waals surface area contributed by atoms with Gasteiger partial charge in [-0.2, -0.15) is 5.26 Å². The van der Waals surface area contributed by atoms with Crippen molar-refractivity contribution in [3.8, 4) is 6.07 Å². The number of halogens is 1. The molecule has 0 saturated carbocycles. The quantitative estimate of drug-likeness (QED) is 0.681. The molecular formula is C7H5ClN2S. The molecule has 1 aromatic rings. The number of nitriles is 1. The third kappa shape index (κ3) is 1.97. The van der Waals surface area contributed by atoms with E-state index in [4.69, 9.17) is 22.6 Å². The van der Waals surface area contributed by atoms with E-state index in [0.717, 1.165) is 4.88 Å². The number of hydrogen-bond acceptors (Lipinski definition) is 3. The minimum Gasteiger partial charge on any atom is -0.397 e. The second-order valence-electron chi connectivity index (χ2n) is 1.83. The Morgan fingerprint density at radius 2 is 2.45 bits per heavy atom. The normalized spacial score (nSPS) is 11.1. The minimum atomic E-state index is 0.462. The lowest BCUT2D eigenvalue weighted by Gasteiger charge is -1.90. The van der Waals surface area contributed by atoms with Crippen LogP contribution >= 0.6 is 22.9 Å². The van der Waals surface area contributed by atoms with Gasteiger partial charge >= 0.3 is 0 Å². The molecule has 0 atom stereocenters. The van der Waals surface area contributed by atoms with Gasteiger partial charge in [0.05, 0.1) is 21.0 Å². The van der Waals surface area contributed by atoms with Gasteiger partial charge in [0, 0.05) is 6.08 Å². The highest BCUT2D eigenvalue weighted by atomic mass is 35.5. The fourth-order valence-electron chi connectivity index (χ4n) is 0.610. The SMILES string of the molecule is N#C/C=C(\N)c1ccc(Cl)s1. The molecule has 1 aromatic heterocycles. The van der Waals surface area contributed by atoms with Crippen LogP contribution in [0.2, 0.25) is 4.34 Å². The number of nitrogens with two attached hydrogens (primary N) is 1. The van der Waals surface area contributed by atoms with Crippen LogP contribution in [0.4, 0.5) is 0 Å². The fraction of sp³-hybridized carbons (Fsp3) is 0. The van der Waals surface area contributed by atoms with E-state index in [1.54, 1.807) is 12.1 Å². The summed E-state index contributed by atoms with van der Waals surface area (Å²) in [6, 6.07) is 5.39. The fourth-order valence-corrected chi connectivity index (χ4v) is 1.58. The van der Waals surface area contributed by atoms with Gasteiger partial charge < -0.3 is 5.73 Å². The zero-order valence-electron chi connectivity index (χ0n) is 5.54. The van der Waals surface area contributed by atoms with Crippen LogP contribution in [0.1, 0.15) is 4.88 Å². The van der Waals surface area contributed by atoms with E-state index in [1.165, 1.54) is 17.4 Å². The van der Waals surface area contributed by atoms with Crippen molar-refractivity contribution in [3.63, 3.8) is 0 Å². The maximum atomic E-state index is 8.27. The first-order valence-corrected chi connectivity index (χ1v) is 4.04. The van der Waals surface area contributed by atoms with Crippen molar-refractivity contribution < 1.29 is 0 Å². The molecule has 2 N–H and O–H groups in total. The number of rotatable bonds is 1. The summed E-state index contributed by atoms with van der Waals surface area (Å²) in [4.78, 5) is 0.830. The Morgan fingerprint density at radius 1 is 1.73 bits per heavy atom. The van der Waals surface area contributed by atoms with Gasteiger partial charge in [-0.05, 0) is 12.1 Å². The first-order chi connectivity index (χ1) is 5.24. The number of thiophene rings is 1. The highest BCUT2D eigenvalue weighted by Gasteiger charge is 1.99. The van der Waals surface area contributed by atoms with Gasteiger partial charge in [-0.3, -0.25) is 0 Å².